The summed E-state index contributed by atoms with van der Waals surface area (Å²) < 4.78 is 0. The van der Waals surface area contributed by atoms with Crippen LogP contribution in [0.25, 0.3) is 0 Å². The summed E-state index contributed by atoms with van der Waals surface area (Å²) in [6.45, 7) is 1.82. The summed E-state index contributed by atoms with van der Waals surface area (Å²) >= 11 is 0. The van der Waals surface area contributed by atoms with E-state index >= 15 is 0 Å². The summed E-state index contributed by atoms with van der Waals surface area (Å²) in [5.74, 6) is -0.445. The van der Waals surface area contributed by atoms with E-state index in [9.17, 15) is 14.4 Å². The predicted molar refractivity (Wildman–Crippen MR) is 92.4 cm³/mol. The maximum Gasteiger partial charge on any atom is 0.320 e. The Hall–Kier alpha value is -2.63. The summed E-state index contributed by atoms with van der Waals surface area (Å²) in [5.41, 5.74) is 1.65. The van der Waals surface area contributed by atoms with Crippen LogP contribution in [0.4, 0.5) is 10.5 Å². The summed E-state index contributed by atoms with van der Waals surface area (Å²) in [7, 11) is 0. The van der Waals surface area contributed by atoms with Gasteiger partial charge in [0.05, 0.1) is 11.8 Å². The smallest absolute Gasteiger partial charge is 0.320 e. The fourth-order valence-corrected chi connectivity index (χ4v) is 4.32. The quantitative estimate of drug-likeness (QED) is 0.655. The number of likely N-dealkylation sites (tertiary alicyclic amines) is 1. The molecule has 0 radical (unpaired) electrons. The van der Waals surface area contributed by atoms with Crippen LogP contribution in [-0.4, -0.2) is 29.4 Å². The first-order valence-corrected chi connectivity index (χ1v) is 8.70. The number of urea groups is 1. The largest absolute Gasteiger partial charge is 0.320 e. The molecule has 6 nitrogen and oxygen atoms in total. The molecule has 1 heterocycles. The van der Waals surface area contributed by atoms with Crippen molar-refractivity contribution in [3.8, 4) is 0 Å². The topological polar surface area (TPSA) is 78.5 Å². The Morgan fingerprint density at radius 1 is 1.08 bits per heavy atom. The number of para-hydroxylation sites is 1. The average molecular weight is 339 g/mol. The van der Waals surface area contributed by atoms with Crippen molar-refractivity contribution >= 4 is 23.5 Å². The van der Waals surface area contributed by atoms with Crippen molar-refractivity contribution in [2.45, 2.75) is 19.8 Å². The van der Waals surface area contributed by atoms with Crippen LogP contribution in [0.5, 0.6) is 0 Å². The third kappa shape index (κ3) is 2.62. The number of imide groups is 1. The number of hydrogen-bond acceptors (Lipinski definition) is 3. The standard InChI is InChI=1S/C19H21N3O3/c1-11-4-2-3-5-14(11)21-19(25)20-10-22-17(23)15-12-6-7-13(9-8-12)16(15)18(22)24/h2-7,12-13,15-16H,8-10H2,1H3,(H2,20,21,25)/t12-,13-,15-,16+/m0/s1. The van der Waals surface area contributed by atoms with Crippen LogP contribution in [-0.2, 0) is 9.59 Å². The van der Waals surface area contributed by atoms with Gasteiger partial charge in [-0.3, -0.25) is 14.5 Å². The van der Waals surface area contributed by atoms with Crippen molar-refractivity contribution in [2.24, 2.45) is 23.7 Å². The highest BCUT2D eigenvalue weighted by atomic mass is 16.2. The van der Waals surface area contributed by atoms with E-state index in [0.29, 0.717) is 5.69 Å². The minimum atomic E-state index is -0.425. The number of nitrogens with one attached hydrogen (secondary N) is 2. The lowest BCUT2D eigenvalue weighted by atomic mass is 9.63. The van der Waals surface area contributed by atoms with E-state index in [2.05, 4.69) is 22.8 Å². The van der Waals surface area contributed by atoms with Gasteiger partial charge in [-0.1, -0.05) is 30.4 Å². The Kier molecular flexibility index (Phi) is 3.82. The Balaban J connectivity index is 1.40. The zero-order chi connectivity index (χ0) is 17.6. The normalized spacial score (nSPS) is 29.7. The Morgan fingerprint density at radius 2 is 1.68 bits per heavy atom. The highest BCUT2D eigenvalue weighted by Crippen LogP contribution is 2.49. The molecule has 6 heteroatoms. The number of amides is 4. The van der Waals surface area contributed by atoms with E-state index < -0.39 is 6.03 Å². The molecule has 2 fully saturated rings. The molecule has 0 spiro atoms. The van der Waals surface area contributed by atoms with Crippen molar-refractivity contribution in [3.05, 3.63) is 42.0 Å². The zero-order valence-corrected chi connectivity index (χ0v) is 14.1. The summed E-state index contributed by atoms with van der Waals surface area (Å²) in [6, 6.07) is 7.01. The number of fused-ring (bicyclic) bond motifs is 1. The van der Waals surface area contributed by atoms with Crippen LogP contribution in [0.3, 0.4) is 0 Å². The van der Waals surface area contributed by atoms with Crippen molar-refractivity contribution in [3.63, 3.8) is 0 Å². The molecular weight excluding hydrogens is 318 g/mol. The molecule has 1 aliphatic heterocycles. The molecule has 4 amide bonds. The van der Waals surface area contributed by atoms with E-state index in [-0.39, 0.29) is 42.2 Å². The van der Waals surface area contributed by atoms with Gasteiger partial charge in [0.2, 0.25) is 11.8 Å². The number of anilines is 1. The molecule has 0 aromatic heterocycles. The molecule has 25 heavy (non-hydrogen) atoms. The third-order valence-corrected chi connectivity index (χ3v) is 5.64. The zero-order valence-electron chi connectivity index (χ0n) is 14.1. The second-order valence-corrected chi connectivity index (χ2v) is 7.05. The summed E-state index contributed by atoms with van der Waals surface area (Å²) in [5, 5.41) is 5.38. The molecule has 3 aliphatic carbocycles. The van der Waals surface area contributed by atoms with Gasteiger partial charge in [0, 0.05) is 5.69 Å². The van der Waals surface area contributed by atoms with Crippen LogP contribution in [0.1, 0.15) is 18.4 Å². The molecule has 2 bridgehead atoms. The van der Waals surface area contributed by atoms with Gasteiger partial charge in [-0.15, -0.1) is 0 Å². The van der Waals surface area contributed by atoms with Gasteiger partial charge in [0.25, 0.3) is 0 Å². The van der Waals surface area contributed by atoms with Gasteiger partial charge < -0.3 is 10.6 Å². The molecule has 1 saturated heterocycles. The van der Waals surface area contributed by atoms with Gasteiger partial charge in [0.15, 0.2) is 0 Å². The minimum Gasteiger partial charge on any atom is -0.320 e. The molecule has 1 aromatic rings. The second-order valence-electron chi connectivity index (χ2n) is 7.05. The van der Waals surface area contributed by atoms with Crippen LogP contribution in [0.15, 0.2) is 36.4 Å². The van der Waals surface area contributed by atoms with E-state index in [4.69, 9.17) is 0 Å². The van der Waals surface area contributed by atoms with Gasteiger partial charge >= 0.3 is 6.03 Å². The van der Waals surface area contributed by atoms with Crippen molar-refractivity contribution in [1.29, 1.82) is 0 Å². The monoisotopic (exact) mass is 339 g/mol. The number of allylic oxidation sites excluding steroid dienone is 2. The van der Waals surface area contributed by atoms with Gasteiger partial charge in [-0.05, 0) is 43.2 Å². The Bertz CT molecular complexity index is 741. The van der Waals surface area contributed by atoms with Gasteiger partial charge in [-0.2, -0.15) is 0 Å². The SMILES string of the molecule is Cc1ccccc1NC(=O)NCN1C(=O)[C@@H]2[C@H](C1=O)[C@H]1C=C[C@H]2CC1. The van der Waals surface area contributed by atoms with Crippen LogP contribution < -0.4 is 10.6 Å². The van der Waals surface area contributed by atoms with Crippen molar-refractivity contribution in [2.75, 3.05) is 12.0 Å². The Morgan fingerprint density at radius 3 is 2.24 bits per heavy atom. The maximum absolute atomic E-state index is 12.7. The number of carbonyl (C=O) groups is 3. The number of benzene rings is 1. The minimum absolute atomic E-state index is 0.0815. The van der Waals surface area contributed by atoms with Crippen molar-refractivity contribution in [1.82, 2.24) is 10.2 Å². The number of aryl methyl sites for hydroxylation is 1. The Labute approximate surface area is 146 Å². The molecule has 130 valence electrons. The van der Waals surface area contributed by atoms with Crippen LogP contribution >= 0.6 is 0 Å². The molecule has 5 rings (SSSR count). The van der Waals surface area contributed by atoms with Gasteiger partial charge in [0.1, 0.15) is 6.67 Å². The van der Waals surface area contributed by atoms with E-state index in [1.807, 2.05) is 25.1 Å². The highest BCUT2D eigenvalue weighted by Gasteiger charge is 2.56. The first-order chi connectivity index (χ1) is 12.1. The molecule has 4 aliphatic rings. The lowest BCUT2D eigenvalue weighted by Gasteiger charge is -2.38. The lowest BCUT2D eigenvalue weighted by molar-refractivity contribution is -0.140. The third-order valence-electron chi connectivity index (χ3n) is 5.64. The second kappa shape index (κ2) is 6.02. The molecule has 0 unspecified atom stereocenters. The van der Waals surface area contributed by atoms with Crippen LogP contribution in [0.2, 0.25) is 0 Å². The summed E-state index contributed by atoms with van der Waals surface area (Å²) in [4.78, 5) is 38.6. The molecule has 4 atom stereocenters. The molecule has 2 N–H and O–H groups in total. The lowest BCUT2D eigenvalue weighted by Crippen LogP contribution is -2.43. The fourth-order valence-electron chi connectivity index (χ4n) is 4.32. The predicted octanol–water partition coefficient (Wildman–Crippen LogP) is 2.27. The van der Waals surface area contributed by atoms with Gasteiger partial charge in [-0.25, -0.2) is 4.79 Å². The van der Waals surface area contributed by atoms with E-state index in [1.165, 1.54) is 4.90 Å². The number of hydrogen-bond donors (Lipinski definition) is 2. The van der Waals surface area contributed by atoms with Crippen molar-refractivity contribution < 1.29 is 14.4 Å². The fraction of sp³-hybridized carbons (Fsp3) is 0.421. The average Bonchev–Trinajstić information content (AvgIpc) is 2.89. The highest BCUT2D eigenvalue weighted by molar-refractivity contribution is 6.06. The van der Waals surface area contributed by atoms with E-state index in [1.54, 1.807) is 6.07 Å². The maximum atomic E-state index is 12.7. The molecule has 1 saturated carbocycles. The summed E-state index contributed by atoms with van der Waals surface area (Å²) in [6.07, 6.45) is 6.11. The number of carbonyl (C=O) groups excluding carboxylic acids is 3. The number of rotatable bonds is 3. The molecular formula is C19H21N3O3. The van der Waals surface area contributed by atoms with E-state index in [0.717, 1.165) is 18.4 Å². The first kappa shape index (κ1) is 15.9. The first-order valence-electron chi connectivity index (χ1n) is 8.70. The molecule has 1 aromatic carbocycles. The number of nitrogens with zero attached hydrogens (tertiary/aromatic N) is 1. The van der Waals surface area contributed by atoms with Crippen LogP contribution in [0, 0.1) is 30.6 Å².